The second kappa shape index (κ2) is 3.96. The summed E-state index contributed by atoms with van der Waals surface area (Å²) < 4.78 is 6.09. The van der Waals surface area contributed by atoms with E-state index in [0.29, 0.717) is 17.0 Å². The summed E-state index contributed by atoms with van der Waals surface area (Å²) in [5.41, 5.74) is 5.79. The number of benzene rings is 1. The lowest BCUT2D eigenvalue weighted by Crippen LogP contribution is -2.23. The molecule has 1 unspecified atom stereocenters. The van der Waals surface area contributed by atoms with Crippen LogP contribution in [0.2, 0.25) is 0 Å². The van der Waals surface area contributed by atoms with Crippen LogP contribution in [0, 0.1) is 0 Å². The second-order valence-corrected chi connectivity index (χ2v) is 4.70. The largest absolute Gasteiger partial charge is 0.466 e. The first kappa shape index (κ1) is 11.2. The minimum Gasteiger partial charge on any atom is -0.466 e. The minimum absolute atomic E-state index is 0.470. The van der Waals surface area contributed by atoms with Crippen molar-refractivity contribution in [1.82, 2.24) is 0 Å². The number of halogens is 1. The average Bonchev–Trinajstić information content (AvgIpc) is 2.75. The Balaban J connectivity index is 2.55. The first-order valence-electron chi connectivity index (χ1n) is 4.83. The quantitative estimate of drug-likeness (QED) is 0.833. The number of hydrogen-bond acceptors (Lipinski definition) is 3. The SMILES string of the molecule is CC(O)(c1ccco1)c1cc(Br)ccc1N. The molecule has 1 aromatic heterocycles. The fourth-order valence-electron chi connectivity index (χ4n) is 1.64. The van der Waals surface area contributed by atoms with Crippen LogP contribution in [0.4, 0.5) is 5.69 Å². The summed E-state index contributed by atoms with van der Waals surface area (Å²) in [5, 5.41) is 10.5. The molecule has 4 heteroatoms. The number of hydrogen-bond donors (Lipinski definition) is 2. The van der Waals surface area contributed by atoms with Crippen LogP contribution in [0.1, 0.15) is 18.2 Å². The maximum Gasteiger partial charge on any atom is 0.146 e. The average molecular weight is 282 g/mol. The van der Waals surface area contributed by atoms with Crippen LogP contribution < -0.4 is 5.73 Å². The molecule has 0 amide bonds. The number of nitrogen functional groups attached to an aromatic ring is 1. The van der Waals surface area contributed by atoms with Crippen molar-refractivity contribution >= 4 is 21.6 Å². The summed E-state index contributed by atoms with van der Waals surface area (Å²) >= 11 is 3.35. The Hall–Kier alpha value is -1.26. The van der Waals surface area contributed by atoms with Crippen LogP contribution in [0.15, 0.2) is 45.5 Å². The molecule has 0 fully saturated rings. The van der Waals surface area contributed by atoms with Crippen molar-refractivity contribution in [3.8, 4) is 0 Å². The van der Waals surface area contributed by atoms with Gasteiger partial charge in [-0.2, -0.15) is 0 Å². The maximum absolute atomic E-state index is 10.5. The molecule has 0 radical (unpaired) electrons. The molecule has 3 nitrogen and oxygen atoms in total. The smallest absolute Gasteiger partial charge is 0.146 e. The minimum atomic E-state index is -1.22. The van der Waals surface area contributed by atoms with Crippen molar-refractivity contribution in [3.63, 3.8) is 0 Å². The first-order chi connectivity index (χ1) is 7.51. The third-order valence-corrected chi connectivity index (χ3v) is 3.03. The third-order valence-electron chi connectivity index (χ3n) is 2.54. The van der Waals surface area contributed by atoms with Gasteiger partial charge in [-0.1, -0.05) is 15.9 Å². The molecule has 0 saturated heterocycles. The van der Waals surface area contributed by atoms with E-state index in [2.05, 4.69) is 15.9 Å². The number of furan rings is 1. The van der Waals surface area contributed by atoms with Gasteiger partial charge >= 0.3 is 0 Å². The van der Waals surface area contributed by atoms with Gasteiger partial charge in [0.15, 0.2) is 0 Å². The molecule has 2 aromatic rings. The summed E-state index contributed by atoms with van der Waals surface area (Å²) in [6, 6.07) is 8.82. The molecule has 0 bridgehead atoms. The maximum atomic E-state index is 10.5. The zero-order chi connectivity index (χ0) is 11.8. The number of rotatable bonds is 2. The van der Waals surface area contributed by atoms with Crippen molar-refractivity contribution in [1.29, 1.82) is 0 Å². The Bertz CT molecular complexity index is 492. The number of nitrogens with two attached hydrogens (primary N) is 1. The van der Waals surface area contributed by atoms with Crippen LogP contribution in [0.5, 0.6) is 0 Å². The van der Waals surface area contributed by atoms with Gasteiger partial charge in [-0.05, 0) is 37.3 Å². The molecule has 0 aliphatic heterocycles. The highest BCUT2D eigenvalue weighted by Crippen LogP contribution is 2.34. The van der Waals surface area contributed by atoms with Gasteiger partial charge in [-0.3, -0.25) is 0 Å². The van der Waals surface area contributed by atoms with Crippen LogP contribution >= 0.6 is 15.9 Å². The Labute approximate surface area is 102 Å². The molecule has 3 N–H and O–H groups in total. The van der Waals surface area contributed by atoms with E-state index in [-0.39, 0.29) is 0 Å². The van der Waals surface area contributed by atoms with E-state index < -0.39 is 5.60 Å². The predicted octanol–water partition coefficient (Wildman–Crippen LogP) is 2.88. The lowest BCUT2D eigenvalue weighted by atomic mass is 9.92. The van der Waals surface area contributed by atoms with Crippen LogP contribution in [-0.4, -0.2) is 5.11 Å². The van der Waals surface area contributed by atoms with E-state index in [1.54, 1.807) is 31.2 Å². The highest BCUT2D eigenvalue weighted by molar-refractivity contribution is 9.10. The van der Waals surface area contributed by atoms with E-state index in [1.165, 1.54) is 6.26 Å². The second-order valence-electron chi connectivity index (χ2n) is 3.78. The van der Waals surface area contributed by atoms with E-state index in [4.69, 9.17) is 10.2 Å². The van der Waals surface area contributed by atoms with Gasteiger partial charge in [0, 0.05) is 15.7 Å². The van der Waals surface area contributed by atoms with Crippen molar-refractivity contribution in [2.24, 2.45) is 0 Å². The Kier molecular flexibility index (Phi) is 2.78. The van der Waals surface area contributed by atoms with Crippen LogP contribution in [0.25, 0.3) is 0 Å². The van der Waals surface area contributed by atoms with E-state index >= 15 is 0 Å². The molecule has 16 heavy (non-hydrogen) atoms. The molecule has 0 aliphatic carbocycles. The van der Waals surface area contributed by atoms with Crippen LogP contribution in [0.3, 0.4) is 0 Å². The Morgan fingerprint density at radius 1 is 1.38 bits per heavy atom. The van der Waals surface area contributed by atoms with Gasteiger partial charge in [0.05, 0.1) is 6.26 Å². The summed E-state index contributed by atoms with van der Waals surface area (Å²) in [6.07, 6.45) is 1.53. The zero-order valence-electron chi connectivity index (χ0n) is 8.77. The van der Waals surface area contributed by atoms with Crippen molar-refractivity contribution < 1.29 is 9.52 Å². The molecule has 1 aromatic carbocycles. The predicted molar refractivity (Wildman–Crippen MR) is 65.9 cm³/mol. The van der Waals surface area contributed by atoms with Crippen molar-refractivity contribution in [2.75, 3.05) is 5.73 Å². The number of aliphatic hydroxyl groups is 1. The van der Waals surface area contributed by atoms with Crippen LogP contribution in [-0.2, 0) is 5.60 Å². The Morgan fingerprint density at radius 3 is 2.75 bits per heavy atom. The van der Waals surface area contributed by atoms with Gasteiger partial charge in [-0.25, -0.2) is 0 Å². The van der Waals surface area contributed by atoms with E-state index in [0.717, 1.165) is 4.47 Å². The molecule has 1 atom stereocenters. The van der Waals surface area contributed by atoms with Crippen molar-refractivity contribution in [3.05, 3.63) is 52.4 Å². The molecule has 1 heterocycles. The monoisotopic (exact) mass is 281 g/mol. The fraction of sp³-hybridized carbons (Fsp3) is 0.167. The summed E-state index contributed by atoms with van der Waals surface area (Å²) in [6.45, 7) is 1.66. The van der Waals surface area contributed by atoms with Gasteiger partial charge in [0.2, 0.25) is 0 Å². The standard InChI is InChI=1S/C12H12BrNO2/c1-12(15,11-3-2-6-16-11)9-7-8(13)4-5-10(9)14/h2-7,15H,14H2,1H3. The van der Waals surface area contributed by atoms with Gasteiger partial charge in [0.25, 0.3) is 0 Å². The molecule has 0 aliphatic rings. The van der Waals surface area contributed by atoms with E-state index in [9.17, 15) is 5.11 Å². The third kappa shape index (κ3) is 1.86. The molecule has 84 valence electrons. The number of anilines is 1. The topological polar surface area (TPSA) is 59.4 Å². The van der Waals surface area contributed by atoms with Gasteiger partial charge in [-0.15, -0.1) is 0 Å². The lowest BCUT2D eigenvalue weighted by molar-refractivity contribution is 0.0774. The molecule has 0 saturated carbocycles. The van der Waals surface area contributed by atoms with Gasteiger partial charge < -0.3 is 15.3 Å². The summed E-state index contributed by atoms with van der Waals surface area (Å²) in [7, 11) is 0. The van der Waals surface area contributed by atoms with Gasteiger partial charge in [0.1, 0.15) is 11.4 Å². The summed E-state index contributed by atoms with van der Waals surface area (Å²) in [4.78, 5) is 0. The molecule has 0 spiro atoms. The Morgan fingerprint density at radius 2 is 2.12 bits per heavy atom. The normalized spacial score (nSPS) is 14.7. The summed E-state index contributed by atoms with van der Waals surface area (Å²) in [5.74, 6) is 0.470. The van der Waals surface area contributed by atoms with E-state index in [1.807, 2.05) is 6.07 Å². The molecule has 2 rings (SSSR count). The molecular weight excluding hydrogens is 270 g/mol. The highest BCUT2D eigenvalue weighted by atomic mass is 79.9. The lowest BCUT2D eigenvalue weighted by Gasteiger charge is -2.23. The zero-order valence-corrected chi connectivity index (χ0v) is 10.4. The van der Waals surface area contributed by atoms with Crippen molar-refractivity contribution in [2.45, 2.75) is 12.5 Å². The first-order valence-corrected chi connectivity index (χ1v) is 5.63. The molecular formula is C12H12BrNO2. The fourth-order valence-corrected chi connectivity index (χ4v) is 2.00. The highest BCUT2D eigenvalue weighted by Gasteiger charge is 2.30.